The molecule has 0 aromatic rings. The number of carbonyl (C=O) groups excluding carboxylic acids is 1. The van der Waals surface area contributed by atoms with Crippen LogP contribution in [0.15, 0.2) is 0 Å². The zero-order valence-electron chi connectivity index (χ0n) is 10.4. The minimum atomic E-state index is -0.202. The molecule has 94 valence electrons. The van der Waals surface area contributed by atoms with Crippen LogP contribution in [-0.4, -0.2) is 24.3 Å². The summed E-state index contributed by atoms with van der Waals surface area (Å²) in [4.78, 5) is 11.2. The Hall–Kier alpha value is -0.570. The van der Waals surface area contributed by atoms with Crippen LogP contribution < -0.4 is 0 Å². The fraction of sp³-hybridized carbons (Fsp3) is 0.923. The molecule has 0 radical (unpaired) electrons. The molecule has 1 N–H and O–H groups in total. The highest BCUT2D eigenvalue weighted by molar-refractivity contribution is 5.69. The first-order valence-electron chi connectivity index (χ1n) is 6.44. The lowest BCUT2D eigenvalue weighted by Gasteiger charge is -2.21. The molecule has 1 aliphatic rings. The molecule has 0 aromatic carbocycles. The minimum Gasteiger partial charge on any atom is -0.469 e. The van der Waals surface area contributed by atoms with Crippen molar-refractivity contribution in [3.05, 3.63) is 0 Å². The van der Waals surface area contributed by atoms with E-state index in [-0.39, 0.29) is 12.1 Å². The van der Waals surface area contributed by atoms with Gasteiger partial charge < -0.3 is 9.84 Å². The van der Waals surface area contributed by atoms with Crippen LogP contribution in [0.2, 0.25) is 0 Å². The number of hydrogen-bond donors (Lipinski definition) is 1. The molecule has 0 amide bonds. The summed E-state index contributed by atoms with van der Waals surface area (Å²) in [5.41, 5.74) is 0. The molecule has 3 nitrogen and oxygen atoms in total. The van der Waals surface area contributed by atoms with E-state index in [1.54, 1.807) is 0 Å². The van der Waals surface area contributed by atoms with Gasteiger partial charge in [-0.25, -0.2) is 0 Å². The molecule has 0 bridgehead atoms. The predicted octanol–water partition coefficient (Wildman–Crippen LogP) is 2.52. The Morgan fingerprint density at radius 3 is 2.75 bits per heavy atom. The third-order valence-electron chi connectivity index (χ3n) is 3.73. The number of unbranched alkanes of at least 4 members (excludes halogenated alkanes) is 2. The first-order valence-corrected chi connectivity index (χ1v) is 6.44. The predicted molar refractivity (Wildman–Crippen MR) is 63.0 cm³/mol. The molecule has 0 heterocycles. The van der Waals surface area contributed by atoms with Crippen molar-refractivity contribution in [3.8, 4) is 0 Å². The molecule has 0 saturated heterocycles. The maximum Gasteiger partial charge on any atom is 0.305 e. The van der Waals surface area contributed by atoms with Gasteiger partial charge in [-0.15, -0.1) is 0 Å². The number of methoxy groups -OCH3 is 1. The molecule has 0 aliphatic heterocycles. The van der Waals surface area contributed by atoms with Crippen LogP contribution in [0.3, 0.4) is 0 Å². The van der Waals surface area contributed by atoms with Gasteiger partial charge in [-0.3, -0.25) is 4.79 Å². The van der Waals surface area contributed by atoms with E-state index in [9.17, 15) is 9.90 Å². The second kappa shape index (κ2) is 6.89. The first-order chi connectivity index (χ1) is 7.69. The van der Waals surface area contributed by atoms with Gasteiger partial charge in [0.05, 0.1) is 13.2 Å². The summed E-state index contributed by atoms with van der Waals surface area (Å²) in [6, 6.07) is 0. The van der Waals surface area contributed by atoms with Crippen molar-refractivity contribution in [3.63, 3.8) is 0 Å². The normalized spacial score (nSPS) is 29.3. The lowest BCUT2D eigenvalue weighted by molar-refractivity contribution is -0.142. The Bertz CT molecular complexity index is 215. The summed E-state index contributed by atoms with van der Waals surface area (Å²) in [6.07, 6.45) is 6.72. The van der Waals surface area contributed by atoms with E-state index in [0.29, 0.717) is 18.3 Å². The number of ether oxygens (including phenoxy) is 1. The summed E-state index contributed by atoms with van der Waals surface area (Å²) in [7, 11) is 1.43. The zero-order chi connectivity index (χ0) is 12.0. The number of rotatable bonds is 6. The van der Waals surface area contributed by atoms with Crippen molar-refractivity contribution in [2.45, 2.75) is 58.0 Å². The Balaban J connectivity index is 2.39. The van der Waals surface area contributed by atoms with Crippen LogP contribution in [0.25, 0.3) is 0 Å². The molecule has 16 heavy (non-hydrogen) atoms. The summed E-state index contributed by atoms with van der Waals surface area (Å²) in [5, 5.41) is 9.89. The number of carbonyl (C=O) groups is 1. The molecule has 0 aromatic heterocycles. The average Bonchev–Trinajstić information content (AvgIpc) is 2.61. The Labute approximate surface area is 98.2 Å². The Morgan fingerprint density at radius 2 is 2.12 bits per heavy atom. The van der Waals surface area contributed by atoms with Gasteiger partial charge in [0.1, 0.15) is 0 Å². The molecule has 1 rings (SSSR count). The second-order valence-corrected chi connectivity index (χ2v) is 4.84. The molecule has 0 unspecified atom stereocenters. The van der Waals surface area contributed by atoms with Crippen molar-refractivity contribution in [2.75, 3.05) is 7.11 Å². The third kappa shape index (κ3) is 3.78. The van der Waals surface area contributed by atoms with E-state index in [1.807, 2.05) is 0 Å². The quantitative estimate of drug-likeness (QED) is 0.561. The van der Waals surface area contributed by atoms with Gasteiger partial charge in [0.25, 0.3) is 0 Å². The summed E-state index contributed by atoms with van der Waals surface area (Å²) >= 11 is 0. The topological polar surface area (TPSA) is 46.5 Å². The minimum absolute atomic E-state index is 0.139. The van der Waals surface area contributed by atoms with E-state index in [0.717, 1.165) is 25.7 Å². The number of esters is 1. The van der Waals surface area contributed by atoms with Gasteiger partial charge in [-0.2, -0.15) is 0 Å². The molecule has 3 heteroatoms. The van der Waals surface area contributed by atoms with Gasteiger partial charge >= 0.3 is 5.97 Å². The van der Waals surface area contributed by atoms with Crippen molar-refractivity contribution in [1.29, 1.82) is 0 Å². The fourth-order valence-corrected chi connectivity index (χ4v) is 2.74. The summed E-state index contributed by atoms with van der Waals surface area (Å²) in [6.45, 7) is 2.18. The highest BCUT2D eigenvalue weighted by Gasteiger charge is 2.35. The number of aliphatic hydroxyl groups excluding tert-OH is 1. The van der Waals surface area contributed by atoms with Crippen LogP contribution in [0, 0.1) is 11.8 Å². The van der Waals surface area contributed by atoms with Crippen LogP contribution >= 0.6 is 0 Å². The van der Waals surface area contributed by atoms with Gasteiger partial charge in [0, 0.05) is 6.42 Å². The monoisotopic (exact) mass is 228 g/mol. The largest absolute Gasteiger partial charge is 0.469 e. The molecule has 3 atom stereocenters. The lowest BCUT2D eigenvalue weighted by Crippen LogP contribution is -2.21. The second-order valence-electron chi connectivity index (χ2n) is 4.84. The fourth-order valence-electron chi connectivity index (χ4n) is 2.74. The number of aliphatic hydroxyl groups is 1. The zero-order valence-corrected chi connectivity index (χ0v) is 10.4. The van der Waals surface area contributed by atoms with Gasteiger partial charge in [0.15, 0.2) is 0 Å². The van der Waals surface area contributed by atoms with Crippen molar-refractivity contribution < 1.29 is 14.6 Å². The van der Waals surface area contributed by atoms with Crippen molar-refractivity contribution >= 4 is 5.97 Å². The van der Waals surface area contributed by atoms with Crippen LogP contribution in [0.1, 0.15) is 51.9 Å². The number of hydrogen-bond acceptors (Lipinski definition) is 3. The Morgan fingerprint density at radius 1 is 1.38 bits per heavy atom. The van der Waals surface area contributed by atoms with Gasteiger partial charge in [-0.1, -0.05) is 26.2 Å². The molecule has 1 fully saturated rings. The van der Waals surface area contributed by atoms with E-state index in [4.69, 9.17) is 4.74 Å². The molecular formula is C13H24O3. The van der Waals surface area contributed by atoms with Crippen LogP contribution in [0.5, 0.6) is 0 Å². The Kier molecular flexibility index (Phi) is 5.81. The maximum atomic E-state index is 11.2. The van der Waals surface area contributed by atoms with Crippen molar-refractivity contribution in [2.24, 2.45) is 11.8 Å². The third-order valence-corrected chi connectivity index (χ3v) is 3.73. The average molecular weight is 228 g/mol. The SMILES string of the molecule is CCCCC[C@@H]1[C@@H](CC(=O)OC)CC[C@@H]1O. The highest BCUT2D eigenvalue weighted by atomic mass is 16.5. The van der Waals surface area contributed by atoms with Crippen LogP contribution in [0.4, 0.5) is 0 Å². The molecule has 1 saturated carbocycles. The standard InChI is InChI=1S/C13H24O3/c1-3-4-5-6-11-10(7-8-12(11)14)9-13(15)16-2/h10-12,14H,3-9H2,1-2H3/t10-,11-,12+/m1/s1. The molecular weight excluding hydrogens is 204 g/mol. The smallest absolute Gasteiger partial charge is 0.305 e. The molecule has 1 aliphatic carbocycles. The van der Waals surface area contributed by atoms with E-state index >= 15 is 0 Å². The first kappa shape index (κ1) is 13.5. The van der Waals surface area contributed by atoms with E-state index < -0.39 is 0 Å². The molecule has 0 spiro atoms. The van der Waals surface area contributed by atoms with Crippen molar-refractivity contribution in [1.82, 2.24) is 0 Å². The lowest BCUT2D eigenvalue weighted by atomic mass is 9.87. The highest BCUT2D eigenvalue weighted by Crippen LogP contribution is 2.37. The van der Waals surface area contributed by atoms with Gasteiger partial charge in [0.2, 0.25) is 0 Å². The van der Waals surface area contributed by atoms with Gasteiger partial charge in [-0.05, 0) is 31.1 Å². The van der Waals surface area contributed by atoms with E-state index in [2.05, 4.69) is 6.92 Å². The van der Waals surface area contributed by atoms with E-state index in [1.165, 1.54) is 20.0 Å². The summed E-state index contributed by atoms with van der Waals surface area (Å²) in [5.74, 6) is 0.504. The summed E-state index contributed by atoms with van der Waals surface area (Å²) < 4.78 is 4.70. The van der Waals surface area contributed by atoms with Crippen LogP contribution in [-0.2, 0) is 9.53 Å². The maximum absolute atomic E-state index is 11.2.